The van der Waals surface area contributed by atoms with E-state index in [1.54, 1.807) is 12.1 Å². The Morgan fingerprint density at radius 3 is 2.37 bits per heavy atom. The maximum absolute atomic E-state index is 13.8. The van der Waals surface area contributed by atoms with Crippen LogP contribution in [0.15, 0.2) is 48.5 Å². The van der Waals surface area contributed by atoms with Crippen LogP contribution in [0.5, 0.6) is 5.75 Å². The third kappa shape index (κ3) is 5.83. The minimum absolute atomic E-state index is 0.00614. The van der Waals surface area contributed by atoms with Crippen LogP contribution in [0.2, 0.25) is 0 Å². The summed E-state index contributed by atoms with van der Waals surface area (Å²) in [4.78, 5) is 33.1. The highest BCUT2D eigenvalue weighted by atomic mass is 16.3. The zero-order valence-corrected chi connectivity index (χ0v) is 22.8. The van der Waals surface area contributed by atoms with Gasteiger partial charge < -0.3 is 20.2 Å². The predicted molar refractivity (Wildman–Crippen MR) is 149 cm³/mol. The summed E-state index contributed by atoms with van der Waals surface area (Å²) in [5.74, 6) is -0.243. The van der Waals surface area contributed by atoms with Gasteiger partial charge in [0.15, 0.2) is 0 Å². The van der Waals surface area contributed by atoms with Crippen molar-refractivity contribution >= 4 is 11.9 Å². The van der Waals surface area contributed by atoms with Crippen LogP contribution in [0.1, 0.15) is 86.3 Å². The van der Waals surface area contributed by atoms with Crippen molar-refractivity contribution in [3.05, 3.63) is 65.2 Å². The molecule has 0 spiro atoms. The maximum Gasteiger partial charge on any atom is 0.321 e. The zero-order valence-electron chi connectivity index (χ0n) is 22.8. The van der Waals surface area contributed by atoms with E-state index >= 15 is 0 Å². The van der Waals surface area contributed by atoms with Gasteiger partial charge in [-0.05, 0) is 62.8 Å². The normalized spacial score (nSPS) is 21.9. The number of hydrogen-bond donors (Lipinski definition) is 2. The van der Waals surface area contributed by atoms with Gasteiger partial charge >= 0.3 is 6.03 Å². The summed E-state index contributed by atoms with van der Waals surface area (Å²) in [7, 11) is 0. The second-order valence-corrected chi connectivity index (χ2v) is 11.5. The summed E-state index contributed by atoms with van der Waals surface area (Å²) in [6, 6.07) is 16.8. The highest BCUT2D eigenvalue weighted by Gasteiger charge is 2.45. The molecule has 1 unspecified atom stereocenters. The minimum atomic E-state index is -0.250. The van der Waals surface area contributed by atoms with Crippen molar-refractivity contribution in [2.24, 2.45) is 0 Å². The van der Waals surface area contributed by atoms with Crippen LogP contribution in [0, 0.1) is 0 Å². The van der Waals surface area contributed by atoms with Crippen LogP contribution in [-0.4, -0.2) is 69.5 Å². The molecular formula is C31H42N4O3. The van der Waals surface area contributed by atoms with Gasteiger partial charge in [0.2, 0.25) is 0 Å². The largest absolute Gasteiger partial charge is 0.507 e. The van der Waals surface area contributed by atoms with Crippen molar-refractivity contribution in [2.45, 2.75) is 89.5 Å². The third-order valence-corrected chi connectivity index (χ3v) is 8.45. The lowest BCUT2D eigenvalue weighted by Crippen LogP contribution is -2.48. The molecule has 2 aliphatic heterocycles. The number of amides is 3. The molecule has 204 valence electrons. The summed E-state index contributed by atoms with van der Waals surface area (Å²) in [5.41, 5.74) is 2.57. The summed E-state index contributed by atoms with van der Waals surface area (Å²) in [5, 5.41) is 13.1. The van der Waals surface area contributed by atoms with E-state index in [0.717, 1.165) is 57.4 Å². The highest BCUT2D eigenvalue weighted by Crippen LogP contribution is 2.38. The number of carbonyl (C=O) groups excluding carboxylic acids is 2. The molecule has 2 aromatic rings. The van der Waals surface area contributed by atoms with Crippen LogP contribution in [0.4, 0.5) is 4.79 Å². The van der Waals surface area contributed by atoms with Gasteiger partial charge in [0.25, 0.3) is 5.91 Å². The van der Waals surface area contributed by atoms with Crippen molar-refractivity contribution in [1.29, 1.82) is 0 Å². The number of urea groups is 1. The number of rotatable bonds is 7. The molecule has 3 aliphatic rings. The lowest BCUT2D eigenvalue weighted by molar-refractivity contribution is 0.0940. The van der Waals surface area contributed by atoms with Crippen LogP contribution in [0.25, 0.3) is 0 Å². The molecule has 0 aromatic heterocycles. The van der Waals surface area contributed by atoms with E-state index in [0.29, 0.717) is 11.6 Å². The topological polar surface area (TPSA) is 76.1 Å². The van der Waals surface area contributed by atoms with E-state index < -0.39 is 0 Å². The van der Waals surface area contributed by atoms with Gasteiger partial charge in [-0.15, -0.1) is 0 Å². The second-order valence-electron chi connectivity index (χ2n) is 11.5. The molecule has 2 saturated heterocycles. The molecule has 0 bridgehead atoms. The fourth-order valence-electron chi connectivity index (χ4n) is 6.50. The van der Waals surface area contributed by atoms with Crippen molar-refractivity contribution in [3.63, 3.8) is 0 Å². The molecule has 38 heavy (non-hydrogen) atoms. The van der Waals surface area contributed by atoms with Crippen LogP contribution in [0.3, 0.4) is 0 Å². The molecular weight excluding hydrogens is 476 g/mol. The molecule has 1 aliphatic carbocycles. The SMILES string of the molecule is CC(C)NC(=O)c1cc(CN2CCC(N3C(=O)N(C4CCCCC4)CC3c3ccccc3)CC2)ccc1O. The number of nitrogens with one attached hydrogen (secondary N) is 1. The molecule has 7 heteroatoms. The lowest BCUT2D eigenvalue weighted by atomic mass is 9.94. The summed E-state index contributed by atoms with van der Waals surface area (Å²) in [6.07, 6.45) is 7.86. The molecule has 1 saturated carbocycles. The number of piperidine rings is 1. The van der Waals surface area contributed by atoms with Crippen LogP contribution < -0.4 is 5.32 Å². The Morgan fingerprint density at radius 1 is 0.974 bits per heavy atom. The molecule has 3 fully saturated rings. The number of benzene rings is 2. The summed E-state index contributed by atoms with van der Waals surface area (Å²) >= 11 is 0. The van der Waals surface area contributed by atoms with Gasteiger partial charge in [0.05, 0.1) is 11.6 Å². The van der Waals surface area contributed by atoms with Crippen molar-refractivity contribution in [3.8, 4) is 5.75 Å². The molecule has 2 N–H and O–H groups in total. The molecule has 2 heterocycles. The van der Waals surface area contributed by atoms with Crippen molar-refractivity contribution in [2.75, 3.05) is 19.6 Å². The number of phenols is 1. The Kier molecular flexibility index (Phi) is 8.22. The first kappa shape index (κ1) is 26.5. The first-order chi connectivity index (χ1) is 18.4. The average Bonchev–Trinajstić information content (AvgIpc) is 3.27. The maximum atomic E-state index is 13.8. The fourth-order valence-corrected chi connectivity index (χ4v) is 6.50. The van der Waals surface area contributed by atoms with Crippen LogP contribution in [-0.2, 0) is 6.54 Å². The number of nitrogens with zero attached hydrogens (tertiary/aromatic N) is 3. The highest BCUT2D eigenvalue weighted by molar-refractivity contribution is 5.97. The number of phenolic OH excluding ortho intramolecular Hbond substituents is 1. The zero-order chi connectivity index (χ0) is 26.6. The molecule has 0 radical (unpaired) electrons. The lowest BCUT2D eigenvalue weighted by Gasteiger charge is -2.39. The average molecular weight is 519 g/mol. The van der Waals surface area contributed by atoms with Gasteiger partial charge in [-0.25, -0.2) is 4.79 Å². The monoisotopic (exact) mass is 518 g/mol. The molecule has 3 amide bonds. The molecule has 2 aromatic carbocycles. The van der Waals surface area contributed by atoms with Gasteiger partial charge in [-0.1, -0.05) is 55.7 Å². The number of carbonyl (C=O) groups is 2. The number of likely N-dealkylation sites (tertiary alicyclic amines) is 1. The Bertz CT molecular complexity index is 1110. The summed E-state index contributed by atoms with van der Waals surface area (Å²) < 4.78 is 0. The number of hydrogen-bond acceptors (Lipinski definition) is 4. The fraction of sp³-hybridized carbons (Fsp3) is 0.548. The Balaban J connectivity index is 1.26. The van der Waals surface area contributed by atoms with Crippen molar-refractivity contribution < 1.29 is 14.7 Å². The van der Waals surface area contributed by atoms with E-state index in [1.807, 2.05) is 26.0 Å². The molecule has 1 atom stereocenters. The molecule has 5 rings (SSSR count). The van der Waals surface area contributed by atoms with Gasteiger partial charge in [0, 0.05) is 44.3 Å². The Hall–Kier alpha value is -3.06. The Morgan fingerprint density at radius 2 is 1.68 bits per heavy atom. The first-order valence-electron chi connectivity index (χ1n) is 14.4. The molecule has 7 nitrogen and oxygen atoms in total. The quantitative estimate of drug-likeness (QED) is 0.521. The van der Waals surface area contributed by atoms with E-state index in [9.17, 15) is 14.7 Å². The van der Waals surface area contributed by atoms with E-state index in [2.05, 4.69) is 44.3 Å². The minimum Gasteiger partial charge on any atom is -0.507 e. The third-order valence-electron chi connectivity index (χ3n) is 8.45. The number of aromatic hydroxyl groups is 1. The van der Waals surface area contributed by atoms with Crippen LogP contribution >= 0.6 is 0 Å². The van der Waals surface area contributed by atoms with E-state index in [1.165, 1.54) is 24.8 Å². The van der Waals surface area contributed by atoms with Gasteiger partial charge in [-0.2, -0.15) is 0 Å². The van der Waals surface area contributed by atoms with Gasteiger partial charge in [-0.3, -0.25) is 9.69 Å². The standard InChI is InChI=1S/C31H42N4O3/c1-22(2)32-30(37)27-19-23(13-14-29(27)36)20-33-17-15-26(16-18-33)35-28(24-9-5-3-6-10-24)21-34(31(35)38)25-11-7-4-8-12-25/h3,5-6,9-10,13-14,19,22,25-26,28,36H,4,7-8,11-12,15-18,20-21H2,1-2H3,(H,32,37). The Labute approximate surface area is 226 Å². The van der Waals surface area contributed by atoms with E-state index in [-0.39, 0.29) is 35.8 Å². The first-order valence-corrected chi connectivity index (χ1v) is 14.4. The summed E-state index contributed by atoms with van der Waals surface area (Å²) in [6.45, 7) is 7.12. The van der Waals surface area contributed by atoms with Crippen molar-refractivity contribution in [1.82, 2.24) is 20.0 Å². The second kappa shape index (κ2) is 11.8. The predicted octanol–water partition coefficient (Wildman–Crippen LogP) is 5.31. The van der Waals surface area contributed by atoms with Gasteiger partial charge in [0.1, 0.15) is 5.75 Å². The smallest absolute Gasteiger partial charge is 0.321 e. The van der Waals surface area contributed by atoms with E-state index in [4.69, 9.17) is 0 Å².